The molecule has 2 aliphatic heterocycles. The number of aromatic amines is 1. The van der Waals surface area contributed by atoms with Gasteiger partial charge in [0.25, 0.3) is 5.56 Å². The summed E-state index contributed by atoms with van der Waals surface area (Å²) in [4.78, 5) is 28.1. The molecule has 2 atom stereocenters. The summed E-state index contributed by atoms with van der Waals surface area (Å²) in [7, 11) is 0. The number of pyridine rings is 1. The molecule has 0 saturated carbocycles. The van der Waals surface area contributed by atoms with E-state index in [2.05, 4.69) is 31.7 Å². The maximum absolute atomic E-state index is 11.9. The van der Waals surface area contributed by atoms with E-state index in [0.29, 0.717) is 23.1 Å². The minimum Gasteiger partial charge on any atom is -0.379 e. The minimum atomic E-state index is -0.187. The number of hydrogen-bond donors (Lipinski definition) is 1. The fourth-order valence-electron chi connectivity index (χ4n) is 3.63. The monoisotopic (exact) mass is 315 g/mol. The van der Waals surface area contributed by atoms with Crippen LogP contribution >= 0.6 is 0 Å². The molecule has 2 saturated heterocycles. The van der Waals surface area contributed by atoms with Crippen molar-refractivity contribution in [3.8, 4) is 0 Å². The lowest BCUT2D eigenvalue weighted by molar-refractivity contribution is 0.0204. The molecule has 0 radical (unpaired) electrons. The summed E-state index contributed by atoms with van der Waals surface area (Å²) in [5.74, 6) is 0.860. The second-order valence-corrected chi connectivity index (χ2v) is 6.31. The van der Waals surface area contributed by atoms with Crippen molar-refractivity contribution in [2.24, 2.45) is 0 Å². The summed E-state index contributed by atoms with van der Waals surface area (Å²) in [5.41, 5.74) is 0.856. The molecule has 0 bridgehead atoms. The molecule has 0 aliphatic carbocycles. The van der Waals surface area contributed by atoms with Gasteiger partial charge in [-0.15, -0.1) is 0 Å². The van der Waals surface area contributed by atoms with Crippen LogP contribution in [-0.2, 0) is 4.74 Å². The quantitative estimate of drug-likeness (QED) is 0.875. The van der Waals surface area contributed by atoms with Gasteiger partial charge in [-0.1, -0.05) is 0 Å². The summed E-state index contributed by atoms with van der Waals surface area (Å²) in [6.45, 7) is 6.80. The molecule has 2 unspecified atom stereocenters. The Kier molecular flexibility index (Phi) is 3.74. The Hall–Kier alpha value is -1.99. The van der Waals surface area contributed by atoms with Crippen LogP contribution in [0, 0.1) is 0 Å². The highest BCUT2D eigenvalue weighted by atomic mass is 16.5. The number of anilines is 1. The van der Waals surface area contributed by atoms with Crippen molar-refractivity contribution in [3.63, 3.8) is 0 Å². The molecule has 2 fully saturated rings. The third-order valence-corrected chi connectivity index (χ3v) is 4.88. The van der Waals surface area contributed by atoms with E-state index in [9.17, 15) is 4.79 Å². The average Bonchev–Trinajstić information content (AvgIpc) is 2.98. The molecule has 7 nitrogen and oxygen atoms in total. The van der Waals surface area contributed by atoms with Gasteiger partial charge in [0.15, 0.2) is 5.52 Å². The van der Waals surface area contributed by atoms with Crippen LogP contribution in [0.3, 0.4) is 0 Å². The van der Waals surface area contributed by atoms with Crippen molar-refractivity contribution >= 4 is 16.9 Å². The van der Waals surface area contributed by atoms with Gasteiger partial charge in [0.2, 0.25) is 0 Å². The van der Waals surface area contributed by atoms with Crippen molar-refractivity contribution in [1.82, 2.24) is 19.9 Å². The van der Waals surface area contributed by atoms with E-state index in [1.165, 1.54) is 6.33 Å². The SMILES string of the molecule is CC1CC(N2CCOCC2)CN1c1ccc2nc[nH]c(=O)c2n1. The first-order chi connectivity index (χ1) is 11.2. The zero-order chi connectivity index (χ0) is 15.8. The Morgan fingerprint density at radius 1 is 1.30 bits per heavy atom. The smallest absolute Gasteiger partial charge is 0.277 e. The van der Waals surface area contributed by atoms with Crippen LogP contribution in [0.4, 0.5) is 5.82 Å². The molecule has 122 valence electrons. The first-order valence-electron chi connectivity index (χ1n) is 8.15. The third-order valence-electron chi connectivity index (χ3n) is 4.88. The molecule has 4 rings (SSSR count). The molecular formula is C16H21N5O2. The van der Waals surface area contributed by atoms with Gasteiger partial charge < -0.3 is 14.6 Å². The predicted octanol–water partition coefficient (Wildman–Crippen LogP) is 0.617. The lowest BCUT2D eigenvalue weighted by Crippen LogP contribution is -2.44. The lowest BCUT2D eigenvalue weighted by Gasteiger charge is -2.32. The highest BCUT2D eigenvalue weighted by Crippen LogP contribution is 2.27. The Morgan fingerprint density at radius 2 is 2.13 bits per heavy atom. The zero-order valence-corrected chi connectivity index (χ0v) is 13.2. The highest BCUT2D eigenvalue weighted by molar-refractivity contribution is 5.75. The fourth-order valence-corrected chi connectivity index (χ4v) is 3.63. The van der Waals surface area contributed by atoms with Crippen LogP contribution in [0.25, 0.3) is 11.0 Å². The number of nitrogens with zero attached hydrogens (tertiary/aromatic N) is 4. The number of fused-ring (bicyclic) bond motifs is 1. The van der Waals surface area contributed by atoms with Crippen LogP contribution in [0.15, 0.2) is 23.3 Å². The topological polar surface area (TPSA) is 74.3 Å². The maximum atomic E-state index is 11.9. The van der Waals surface area contributed by atoms with Gasteiger partial charge in [-0.2, -0.15) is 0 Å². The van der Waals surface area contributed by atoms with Crippen molar-refractivity contribution in [2.45, 2.75) is 25.4 Å². The molecule has 23 heavy (non-hydrogen) atoms. The Balaban J connectivity index is 1.60. The van der Waals surface area contributed by atoms with E-state index in [0.717, 1.165) is 45.1 Å². The Morgan fingerprint density at radius 3 is 2.96 bits per heavy atom. The van der Waals surface area contributed by atoms with E-state index in [-0.39, 0.29) is 5.56 Å². The van der Waals surface area contributed by atoms with E-state index >= 15 is 0 Å². The number of nitrogens with one attached hydrogen (secondary N) is 1. The number of rotatable bonds is 2. The third kappa shape index (κ3) is 2.70. The number of morpholine rings is 1. The molecule has 2 aliphatic rings. The molecule has 1 N–H and O–H groups in total. The van der Waals surface area contributed by atoms with Crippen LogP contribution in [0.2, 0.25) is 0 Å². The highest BCUT2D eigenvalue weighted by Gasteiger charge is 2.34. The first kappa shape index (κ1) is 14.6. The molecular weight excluding hydrogens is 294 g/mol. The van der Waals surface area contributed by atoms with Gasteiger partial charge in [0.05, 0.1) is 25.1 Å². The van der Waals surface area contributed by atoms with Crippen molar-refractivity contribution in [3.05, 3.63) is 28.8 Å². The molecule has 4 heterocycles. The molecule has 7 heteroatoms. The summed E-state index contributed by atoms with van der Waals surface area (Å²) in [5, 5.41) is 0. The number of aromatic nitrogens is 3. The maximum Gasteiger partial charge on any atom is 0.277 e. The average molecular weight is 315 g/mol. The normalized spacial score (nSPS) is 26.0. The van der Waals surface area contributed by atoms with Crippen LogP contribution < -0.4 is 10.5 Å². The van der Waals surface area contributed by atoms with E-state index in [1.807, 2.05) is 12.1 Å². The standard InChI is InChI=1S/C16H21N5O2/c1-11-8-12(20-4-6-23-7-5-20)9-21(11)14-3-2-13-15(19-14)16(22)18-10-17-13/h2-3,10-12H,4-9H2,1H3,(H,17,18,22). The van der Waals surface area contributed by atoms with Gasteiger partial charge >= 0.3 is 0 Å². The largest absolute Gasteiger partial charge is 0.379 e. The van der Waals surface area contributed by atoms with Crippen molar-refractivity contribution in [1.29, 1.82) is 0 Å². The van der Waals surface area contributed by atoms with Gasteiger partial charge in [0.1, 0.15) is 5.82 Å². The number of hydrogen-bond acceptors (Lipinski definition) is 6. The molecule has 0 aromatic carbocycles. The van der Waals surface area contributed by atoms with Gasteiger partial charge in [-0.3, -0.25) is 9.69 Å². The van der Waals surface area contributed by atoms with Crippen LogP contribution in [0.5, 0.6) is 0 Å². The lowest BCUT2D eigenvalue weighted by atomic mass is 10.1. The molecule has 0 amide bonds. The Bertz CT molecular complexity index is 755. The summed E-state index contributed by atoms with van der Waals surface area (Å²) in [6.07, 6.45) is 2.53. The summed E-state index contributed by atoms with van der Waals surface area (Å²) >= 11 is 0. The van der Waals surface area contributed by atoms with E-state index < -0.39 is 0 Å². The number of ether oxygens (including phenoxy) is 1. The van der Waals surface area contributed by atoms with Crippen molar-refractivity contribution in [2.75, 3.05) is 37.7 Å². The summed E-state index contributed by atoms with van der Waals surface area (Å²) in [6, 6.07) is 4.77. The summed E-state index contributed by atoms with van der Waals surface area (Å²) < 4.78 is 5.45. The van der Waals surface area contributed by atoms with Crippen molar-refractivity contribution < 1.29 is 4.74 Å². The minimum absolute atomic E-state index is 0.187. The zero-order valence-electron chi connectivity index (χ0n) is 13.2. The van der Waals surface area contributed by atoms with Gasteiger partial charge in [0, 0.05) is 31.7 Å². The fraction of sp³-hybridized carbons (Fsp3) is 0.562. The van der Waals surface area contributed by atoms with Crippen LogP contribution in [0.1, 0.15) is 13.3 Å². The molecule has 2 aromatic rings. The second-order valence-electron chi connectivity index (χ2n) is 6.31. The van der Waals surface area contributed by atoms with Gasteiger partial charge in [-0.05, 0) is 25.5 Å². The first-order valence-corrected chi connectivity index (χ1v) is 8.15. The predicted molar refractivity (Wildman–Crippen MR) is 87.8 cm³/mol. The molecule has 2 aromatic heterocycles. The van der Waals surface area contributed by atoms with Crippen LogP contribution in [-0.4, -0.2) is 64.8 Å². The van der Waals surface area contributed by atoms with E-state index in [4.69, 9.17) is 4.74 Å². The van der Waals surface area contributed by atoms with Gasteiger partial charge in [-0.25, -0.2) is 9.97 Å². The van der Waals surface area contributed by atoms with E-state index in [1.54, 1.807) is 0 Å². The second kappa shape index (κ2) is 5.90. The molecule has 0 spiro atoms. The number of H-pyrrole nitrogens is 1. The Labute approximate surface area is 134 Å².